The first-order chi connectivity index (χ1) is 8.11. The zero-order chi connectivity index (χ0) is 12.4. The minimum Gasteiger partial charge on any atom is -0.423 e. The minimum atomic E-state index is -1.66. The van der Waals surface area contributed by atoms with Crippen molar-refractivity contribution in [2.45, 2.75) is 0 Å². The SMILES string of the molecule is OB(O)c1c(-c2ccccc2)ccc(Cl)c1Cl. The maximum absolute atomic E-state index is 9.38. The second kappa shape index (κ2) is 5.11. The first-order valence-electron chi connectivity index (χ1n) is 5.00. The predicted molar refractivity (Wildman–Crippen MR) is 71.7 cm³/mol. The summed E-state index contributed by atoms with van der Waals surface area (Å²) in [6.45, 7) is 0. The quantitative estimate of drug-likeness (QED) is 0.820. The number of halogens is 2. The standard InChI is InChI=1S/C12H9BCl2O2/c14-10-7-6-9(8-4-2-1-3-5-8)11(12(10)15)13(16)17/h1-7,16-17H. The van der Waals surface area contributed by atoms with Crippen LogP contribution in [0.25, 0.3) is 11.1 Å². The fraction of sp³-hybridized carbons (Fsp3) is 0. The highest BCUT2D eigenvalue weighted by molar-refractivity contribution is 6.65. The Morgan fingerprint density at radius 1 is 0.882 bits per heavy atom. The van der Waals surface area contributed by atoms with Crippen LogP contribution < -0.4 is 5.46 Å². The zero-order valence-electron chi connectivity index (χ0n) is 8.77. The summed E-state index contributed by atoms with van der Waals surface area (Å²) in [5, 5.41) is 19.2. The van der Waals surface area contributed by atoms with Gasteiger partial charge in [0.15, 0.2) is 0 Å². The van der Waals surface area contributed by atoms with E-state index in [9.17, 15) is 10.0 Å². The molecule has 17 heavy (non-hydrogen) atoms. The minimum absolute atomic E-state index is 0.169. The molecule has 0 saturated heterocycles. The topological polar surface area (TPSA) is 40.5 Å². The monoisotopic (exact) mass is 266 g/mol. The summed E-state index contributed by atoms with van der Waals surface area (Å²) in [6, 6.07) is 12.7. The van der Waals surface area contributed by atoms with Crippen LogP contribution in [0, 0.1) is 0 Å². The number of rotatable bonds is 2. The van der Waals surface area contributed by atoms with Crippen molar-refractivity contribution in [3.63, 3.8) is 0 Å². The highest BCUT2D eigenvalue weighted by Crippen LogP contribution is 2.26. The van der Waals surface area contributed by atoms with Crippen molar-refractivity contribution < 1.29 is 10.0 Å². The Morgan fingerprint density at radius 2 is 1.53 bits per heavy atom. The summed E-state index contributed by atoms with van der Waals surface area (Å²) in [5.41, 5.74) is 1.74. The third-order valence-electron chi connectivity index (χ3n) is 2.48. The lowest BCUT2D eigenvalue weighted by atomic mass is 9.75. The van der Waals surface area contributed by atoms with E-state index < -0.39 is 7.12 Å². The van der Waals surface area contributed by atoms with Gasteiger partial charge in [0.1, 0.15) is 0 Å². The van der Waals surface area contributed by atoms with Crippen LogP contribution in [0.5, 0.6) is 0 Å². The van der Waals surface area contributed by atoms with Crippen molar-refractivity contribution in [1.29, 1.82) is 0 Å². The van der Waals surface area contributed by atoms with E-state index in [0.29, 0.717) is 10.6 Å². The van der Waals surface area contributed by atoms with Gasteiger partial charge in [-0.15, -0.1) is 0 Å². The van der Waals surface area contributed by atoms with Crippen molar-refractivity contribution in [3.05, 3.63) is 52.5 Å². The van der Waals surface area contributed by atoms with Crippen molar-refractivity contribution in [2.24, 2.45) is 0 Å². The van der Waals surface area contributed by atoms with Gasteiger partial charge in [0.2, 0.25) is 0 Å². The molecule has 2 nitrogen and oxygen atoms in total. The molecule has 0 bridgehead atoms. The van der Waals surface area contributed by atoms with Crippen molar-refractivity contribution in [2.75, 3.05) is 0 Å². The van der Waals surface area contributed by atoms with Crippen LogP contribution in [0.15, 0.2) is 42.5 Å². The Kier molecular flexibility index (Phi) is 3.74. The van der Waals surface area contributed by atoms with Gasteiger partial charge in [0, 0.05) is 5.46 Å². The third kappa shape index (κ3) is 2.48. The molecule has 2 rings (SSSR count). The van der Waals surface area contributed by atoms with E-state index in [1.807, 2.05) is 30.3 Å². The molecule has 86 valence electrons. The molecule has 0 radical (unpaired) electrons. The first-order valence-corrected chi connectivity index (χ1v) is 5.76. The number of benzene rings is 2. The van der Waals surface area contributed by atoms with Crippen LogP contribution in [0.2, 0.25) is 10.0 Å². The summed E-state index contributed by atoms with van der Waals surface area (Å²) in [5.74, 6) is 0. The molecule has 0 fully saturated rings. The molecule has 0 aliphatic rings. The van der Waals surface area contributed by atoms with E-state index in [1.54, 1.807) is 12.1 Å². The van der Waals surface area contributed by atoms with Crippen LogP contribution in [0.1, 0.15) is 0 Å². The number of hydrogen-bond acceptors (Lipinski definition) is 2. The molecule has 0 unspecified atom stereocenters. The Morgan fingerprint density at radius 3 is 2.12 bits per heavy atom. The molecule has 0 atom stereocenters. The van der Waals surface area contributed by atoms with Gasteiger partial charge in [-0.1, -0.05) is 59.6 Å². The summed E-state index contributed by atoms with van der Waals surface area (Å²) >= 11 is 11.9. The average Bonchev–Trinajstić information content (AvgIpc) is 2.33. The van der Waals surface area contributed by atoms with E-state index in [-0.39, 0.29) is 10.5 Å². The Labute approximate surface area is 110 Å². The summed E-state index contributed by atoms with van der Waals surface area (Å²) in [6.07, 6.45) is 0. The third-order valence-corrected chi connectivity index (χ3v) is 3.29. The maximum atomic E-state index is 9.38. The maximum Gasteiger partial charge on any atom is 0.490 e. The Hall–Kier alpha value is -0.995. The van der Waals surface area contributed by atoms with Crippen molar-refractivity contribution in [1.82, 2.24) is 0 Å². The first kappa shape index (κ1) is 12.5. The normalized spacial score (nSPS) is 10.4. The summed E-state index contributed by atoms with van der Waals surface area (Å²) in [7, 11) is -1.66. The van der Waals surface area contributed by atoms with Gasteiger partial charge in [-0.3, -0.25) is 0 Å². The molecule has 2 aromatic rings. The molecule has 5 heteroatoms. The van der Waals surface area contributed by atoms with E-state index in [1.165, 1.54) is 0 Å². The molecule has 0 saturated carbocycles. The van der Waals surface area contributed by atoms with Crippen LogP contribution in [0.4, 0.5) is 0 Å². The van der Waals surface area contributed by atoms with Crippen LogP contribution in [0.3, 0.4) is 0 Å². The van der Waals surface area contributed by atoms with Crippen molar-refractivity contribution in [3.8, 4) is 11.1 Å². The van der Waals surface area contributed by atoms with E-state index in [4.69, 9.17) is 23.2 Å². The molecule has 0 aromatic heterocycles. The average molecular weight is 267 g/mol. The molecule has 0 aliphatic carbocycles. The van der Waals surface area contributed by atoms with E-state index in [2.05, 4.69) is 0 Å². The highest BCUT2D eigenvalue weighted by Gasteiger charge is 2.22. The molecular weight excluding hydrogens is 258 g/mol. The van der Waals surface area contributed by atoms with Crippen LogP contribution >= 0.6 is 23.2 Å². The van der Waals surface area contributed by atoms with Gasteiger partial charge < -0.3 is 10.0 Å². The van der Waals surface area contributed by atoms with Crippen LogP contribution in [-0.2, 0) is 0 Å². The van der Waals surface area contributed by atoms with Gasteiger partial charge >= 0.3 is 7.12 Å². The lowest BCUT2D eigenvalue weighted by Gasteiger charge is -2.12. The predicted octanol–water partition coefficient (Wildman–Crippen LogP) is 2.34. The Balaban J connectivity index is 2.67. The fourth-order valence-corrected chi connectivity index (χ4v) is 2.12. The lowest BCUT2D eigenvalue weighted by molar-refractivity contribution is 0.426. The molecule has 0 spiro atoms. The summed E-state index contributed by atoms with van der Waals surface area (Å²) in [4.78, 5) is 0. The summed E-state index contributed by atoms with van der Waals surface area (Å²) < 4.78 is 0. The molecular formula is C12H9BCl2O2. The molecule has 2 N–H and O–H groups in total. The Bertz CT molecular complexity index is 530. The number of hydrogen-bond donors (Lipinski definition) is 2. The van der Waals surface area contributed by atoms with E-state index >= 15 is 0 Å². The van der Waals surface area contributed by atoms with Gasteiger partial charge in [-0.25, -0.2) is 0 Å². The molecule has 0 amide bonds. The second-order valence-corrected chi connectivity index (χ2v) is 4.35. The van der Waals surface area contributed by atoms with Gasteiger partial charge in [0.05, 0.1) is 10.0 Å². The molecule has 0 heterocycles. The van der Waals surface area contributed by atoms with Crippen molar-refractivity contribution >= 4 is 35.8 Å². The lowest BCUT2D eigenvalue weighted by Crippen LogP contribution is -2.32. The highest BCUT2D eigenvalue weighted by atomic mass is 35.5. The van der Waals surface area contributed by atoms with Gasteiger partial charge in [-0.2, -0.15) is 0 Å². The zero-order valence-corrected chi connectivity index (χ0v) is 10.3. The van der Waals surface area contributed by atoms with Crippen LogP contribution in [-0.4, -0.2) is 17.2 Å². The van der Waals surface area contributed by atoms with Gasteiger partial charge in [-0.05, 0) is 17.2 Å². The van der Waals surface area contributed by atoms with Gasteiger partial charge in [0.25, 0.3) is 0 Å². The second-order valence-electron chi connectivity index (χ2n) is 3.56. The molecule has 2 aromatic carbocycles. The smallest absolute Gasteiger partial charge is 0.423 e. The molecule has 0 aliphatic heterocycles. The fourth-order valence-electron chi connectivity index (χ4n) is 1.69. The van der Waals surface area contributed by atoms with E-state index in [0.717, 1.165) is 5.56 Å². The largest absolute Gasteiger partial charge is 0.490 e.